The summed E-state index contributed by atoms with van der Waals surface area (Å²) >= 11 is 0. The van der Waals surface area contributed by atoms with Gasteiger partial charge < -0.3 is 16.8 Å². The Morgan fingerprint density at radius 2 is 2.00 bits per heavy atom. The van der Waals surface area contributed by atoms with Crippen LogP contribution in [0.1, 0.15) is 33.1 Å². The molecular formula is C11H21N3O2. The Morgan fingerprint density at radius 1 is 1.38 bits per heavy atom. The van der Waals surface area contributed by atoms with Gasteiger partial charge in [0.1, 0.15) is 6.04 Å². The predicted molar refractivity (Wildman–Crippen MR) is 61.3 cm³/mol. The van der Waals surface area contributed by atoms with Crippen molar-refractivity contribution in [2.45, 2.75) is 45.2 Å². The van der Waals surface area contributed by atoms with Gasteiger partial charge in [-0.3, -0.25) is 9.59 Å². The second-order valence-corrected chi connectivity index (χ2v) is 4.78. The smallest absolute Gasteiger partial charge is 0.239 e. The minimum atomic E-state index is -0.599. The van der Waals surface area contributed by atoms with E-state index in [4.69, 9.17) is 11.5 Å². The Balaban J connectivity index is 2.46. The van der Waals surface area contributed by atoms with E-state index in [1.165, 1.54) is 0 Å². The first-order valence-corrected chi connectivity index (χ1v) is 5.77. The van der Waals surface area contributed by atoms with Crippen LogP contribution in [0.4, 0.5) is 0 Å². The molecule has 0 radical (unpaired) electrons. The van der Waals surface area contributed by atoms with Crippen molar-refractivity contribution in [3.8, 4) is 0 Å². The molecule has 5 nitrogen and oxygen atoms in total. The molecule has 1 fully saturated rings. The van der Waals surface area contributed by atoms with E-state index in [0.717, 1.165) is 19.3 Å². The molecule has 0 aromatic carbocycles. The Hall–Kier alpha value is -1.10. The van der Waals surface area contributed by atoms with Gasteiger partial charge in [0.2, 0.25) is 11.8 Å². The van der Waals surface area contributed by atoms with Crippen molar-refractivity contribution in [1.29, 1.82) is 0 Å². The highest BCUT2D eigenvalue weighted by molar-refractivity contribution is 5.87. The van der Waals surface area contributed by atoms with E-state index in [1.54, 1.807) is 6.92 Å². The molecule has 0 aromatic heterocycles. The molecule has 4 unspecified atom stereocenters. The normalized spacial score (nSPS) is 31.8. The average molecular weight is 227 g/mol. The van der Waals surface area contributed by atoms with Crippen LogP contribution in [0.25, 0.3) is 0 Å². The minimum Gasteiger partial charge on any atom is -0.368 e. The Kier molecular flexibility index (Phi) is 4.29. The average Bonchev–Trinajstić information content (AvgIpc) is 2.21. The fourth-order valence-corrected chi connectivity index (χ4v) is 2.06. The molecule has 0 saturated heterocycles. The summed E-state index contributed by atoms with van der Waals surface area (Å²) in [6.45, 7) is 3.65. The van der Waals surface area contributed by atoms with Gasteiger partial charge in [-0.1, -0.05) is 6.92 Å². The second-order valence-electron chi connectivity index (χ2n) is 4.78. The van der Waals surface area contributed by atoms with Crippen molar-refractivity contribution >= 4 is 11.8 Å². The maximum absolute atomic E-state index is 11.8. The van der Waals surface area contributed by atoms with Crippen LogP contribution in [-0.2, 0) is 9.59 Å². The summed E-state index contributed by atoms with van der Waals surface area (Å²) in [5.41, 5.74) is 11.0. The van der Waals surface area contributed by atoms with Crippen LogP contribution in [0.2, 0.25) is 0 Å². The number of carbonyl (C=O) groups excluding carboxylic acids is 2. The third-order valence-corrected chi connectivity index (χ3v) is 3.39. The van der Waals surface area contributed by atoms with Gasteiger partial charge in [0, 0.05) is 12.0 Å². The number of hydrogen-bond acceptors (Lipinski definition) is 3. The van der Waals surface area contributed by atoms with E-state index < -0.39 is 11.9 Å². The number of amides is 2. The van der Waals surface area contributed by atoms with Crippen molar-refractivity contribution in [3.05, 3.63) is 0 Å². The van der Waals surface area contributed by atoms with Gasteiger partial charge in [-0.05, 0) is 32.1 Å². The number of rotatable bonds is 3. The fourth-order valence-electron chi connectivity index (χ4n) is 2.06. The summed E-state index contributed by atoms with van der Waals surface area (Å²) in [4.78, 5) is 22.6. The van der Waals surface area contributed by atoms with E-state index in [1.807, 2.05) is 0 Å². The van der Waals surface area contributed by atoms with Gasteiger partial charge in [-0.2, -0.15) is 0 Å². The lowest BCUT2D eigenvalue weighted by atomic mass is 9.79. The zero-order valence-electron chi connectivity index (χ0n) is 9.90. The third-order valence-electron chi connectivity index (χ3n) is 3.39. The van der Waals surface area contributed by atoms with Crippen LogP contribution in [0.5, 0.6) is 0 Å². The number of carbonyl (C=O) groups is 2. The molecule has 0 heterocycles. The molecule has 2 amide bonds. The summed E-state index contributed by atoms with van der Waals surface area (Å²) in [5, 5.41) is 2.63. The van der Waals surface area contributed by atoms with Gasteiger partial charge in [0.25, 0.3) is 0 Å². The van der Waals surface area contributed by atoms with Crippen LogP contribution in [0, 0.1) is 11.8 Å². The molecule has 5 N–H and O–H groups in total. The molecule has 0 aromatic rings. The Morgan fingerprint density at radius 3 is 2.50 bits per heavy atom. The van der Waals surface area contributed by atoms with E-state index in [9.17, 15) is 9.59 Å². The van der Waals surface area contributed by atoms with Crippen LogP contribution in [-0.4, -0.2) is 23.9 Å². The van der Waals surface area contributed by atoms with Crippen molar-refractivity contribution in [2.24, 2.45) is 23.3 Å². The first-order chi connectivity index (χ1) is 7.41. The lowest BCUT2D eigenvalue weighted by Crippen LogP contribution is -2.47. The first-order valence-electron chi connectivity index (χ1n) is 5.77. The van der Waals surface area contributed by atoms with Gasteiger partial charge in [-0.25, -0.2) is 0 Å². The third kappa shape index (κ3) is 3.20. The number of hydrogen-bond donors (Lipinski definition) is 3. The molecule has 4 atom stereocenters. The van der Waals surface area contributed by atoms with Gasteiger partial charge in [0.05, 0.1) is 0 Å². The van der Waals surface area contributed by atoms with E-state index in [0.29, 0.717) is 5.92 Å². The summed E-state index contributed by atoms with van der Waals surface area (Å²) in [5.74, 6) is -0.260. The lowest BCUT2D eigenvalue weighted by molar-refractivity contribution is -0.130. The zero-order valence-corrected chi connectivity index (χ0v) is 9.90. The van der Waals surface area contributed by atoms with E-state index in [2.05, 4.69) is 12.2 Å². The van der Waals surface area contributed by atoms with Crippen LogP contribution >= 0.6 is 0 Å². The molecule has 0 aliphatic heterocycles. The molecule has 1 rings (SSSR count). The summed E-state index contributed by atoms with van der Waals surface area (Å²) in [7, 11) is 0. The van der Waals surface area contributed by atoms with Crippen LogP contribution in [0.15, 0.2) is 0 Å². The quantitative estimate of drug-likeness (QED) is 0.619. The van der Waals surface area contributed by atoms with Crippen molar-refractivity contribution in [2.75, 3.05) is 0 Å². The molecule has 92 valence electrons. The van der Waals surface area contributed by atoms with Crippen molar-refractivity contribution in [1.82, 2.24) is 5.32 Å². The maximum Gasteiger partial charge on any atom is 0.239 e. The molecular weight excluding hydrogens is 206 g/mol. The van der Waals surface area contributed by atoms with Crippen LogP contribution < -0.4 is 16.8 Å². The fraction of sp³-hybridized carbons (Fsp3) is 0.818. The highest BCUT2D eigenvalue weighted by atomic mass is 16.2. The standard InChI is InChI=1S/C11H21N3O2/c1-6-5-8(3-4-9(6)12)11(16)14-7(2)10(13)15/h6-9H,3-5,12H2,1-2H3,(H2,13,15)(H,14,16). The zero-order chi connectivity index (χ0) is 12.3. The van der Waals surface area contributed by atoms with Gasteiger partial charge in [-0.15, -0.1) is 0 Å². The highest BCUT2D eigenvalue weighted by Gasteiger charge is 2.30. The Labute approximate surface area is 95.9 Å². The molecule has 16 heavy (non-hydrogen) atoms. The maximum atomic E-state index is 11.8. The molecule has 1 aliphatic rings. The predicted octanol–water partition coefficient (Wildman–Crippen LogP) is -0.260. The largest absolute Gasteiger partial charge is 0.368 e. The van der Waals surface area contributed by atoms with Crippen molar-refractivity contribution in [3.63, 3.8) is 0 Å². The summed E-state index contributed by atoms with van der Waals surface area (Å²) in [6, 6.07) is -0.406. The van der Waals surface area contributed by atoms with E-state index >= 15 is 0 Å². The monoisotopic (exact) mass is 227 g/mol. The summed E-state index contributed by atoms with van der Waals surface area (Å²) < 4.78 is 0. The topological polar surface area (TPSA) is 98.2 Å². The van der Waals surface area contributed by atoms with Crippen LogP contribution in [0.3, 0.4) is 0 Å². The van der Waals surface area contributed by atoms with Gasteiger partial charge >= 0.3 is 0 Å². The Bertz CT molecular complexity index is 280. The SMILES string of the molecule is CC(NC(=O)C1CCC(N)C(C)C1)C(N)=O. The second kappa shape index (κ2) is 5.30. The molecule has 1 aliphatic carbocycles. The number of nitrogens with one attached hydrogen (secondary N) is 1. The summed E-state index contributed by atoms with van der Waals surface area (Å²) in [6.07, 6.45) is 2.45. The van der Waals surface area contributed by atoms with Crippen molar-refractivity contribution < 1.29 is 9.59 Å². The highest BCUT2D eigenvalue weighted by Crippen LogP contribution is 2.28. The number of nitrogens with two attached hydrogens (primary N) is 2. The lowest BCUT2D eigenvalue weighted by Gasteiger charge is -2.31. The molecule has 0 spiro atoms. The minimum absolute atomic E-state index is 0.0309. The first kappa shape index (κ1) is 13.0. The molecule has 1 saturated carbocycles. The molecule has 0 bridgehead atoms. The van der Waals surface area contributed by atoms with Gasteiger partial charge in [0.15, 0.2) is 0 Å². The number of primary amides is 1. The van der Waals surface area contributed by atoms with E-state index in [-0.39, 0.29) is 17.9 Å². The molecule has 5 heteroatoms.